The zero-order valence-electron chi connectivity index (χ0n) is 13.8. The van der Waals surface area contributed by atoms with Crippen molar-refractivity contribution in [2.45, 2.75) is 30.8 Å². The molecule has 0 aromatic heterocycles. The monoisotopic (exact) mass is 391 g/mol. The minimum absolute atomic E-state index is 0.182. The minimum Gasteiger partial charge on any atom is -0.494 e. The topological polar surface area (TPSA) is 55.4 Å². The van der Waals surface area contributed by atoms with Gasteiger partial charge in [0.25, 0.3) is 10.0 Å². The quantitative estimate of drug-likeness (QED) is 0.544. The summed E-state index contributed by atoms with van der Waals surface area (Å²) in [6.45, 7) is 2.49. The van der Waals surface area contributed by atoms with Gasteiger partial charge in [0.05, 0.1) is 22.8 Å². The maximum Gasteiger partial charge on any atom is 0.416 e. The molecule has 2 aromatic rings. The molecule has 0 fully saturated rings. The lowest BCUT2D eigenvalue weighted by Crippen LogP contribution is -2.14. The summed E-state index contributed by atoms with van der Waals surface area (Å²) in [6, 6.07) is 6.90. The molecule has 0 aliphatic heterocycles. The molecule has 142 valence electrons. The normalized spacial score (nSPS) is 12.0. The van der Waals surface area contributed by atoms with Crippen LogP contribution in [0.2, 0.25) is 0 Å². The van der Waals surface area contributed by atoms with Crippen molar-refractivity contribution in [2.75, 3.05) is 11.3 Å². The third kappa shape index (κ3) is 5.35. The van der Waals surface area contributed by atoms with E-state index in [1.54, 1.807) is 0 Å². The second kappa shape index (κ2) is 7.94. The van der Waals surface area contributed by atoms with E-state index in [0.717, 1.165) is 12.8 Å². The average molecular weight is 391 g/mol. The van der Waals surface area contributed by atoms with Crippen LogP contribution in [-0.4, -0.2) is 15.0 Å². The van der Waals surface area contributed by atoms with Crippen LogP contribution in [0.5, 0.6) is 5.75 Å². The Morgan fingerprint density at radius 2 is 1.73 bits per heavy atom. The molecular weight excluding hydrogens is 374 g/mol. The molecule has 0 amide bonds. The van der Waals surface area contributed by atoms with Gasteiger partial charge in [-0.3, -0.25) is 4.72 Å². The van der Waals surface area contributed by atoms with Gasteiger partial charge in [-0.1, -0.05) is 13.3 Å². The van der Waals surface area contributed by atoms with Crippen molar-refractivity contribution in [2.24, 2.45) is 0 Å². The maximum atomic E-state index is 13.4. The molecule has 0 saturated carbocycles. The van der Waals surface area contributed by atoms with Gasteiger partial charge >= 0.3 is 6.18 Å². The van der Waals surface area contributed by atoms with E-state index in [-0.39, 0.29) is 4.90 Å². The molecule has 2 rings (SSSR count). The smallest absolute Gasteiger partial charge is 0.416 e. The van der Waals surface area contributed by atoms with E-state index in [2.05, 4.69) is 0 Å². The predicted molar refractivity (Wildman–Crippen MR) is 89.1 cm³/mol. The second-order valence-corrected chi connectivity index (χ2v) is 7.19. The highest BCUT2D eigenvalue weighted by molar-refractivity contribution is 7.92. The number of sulfonamides is 1. The molecule has 0 aliphatic carbocycles. The Labute approximate surface area is 148 Å². The molecule has 0 bridgehead atoms. The lowest BCUT2D eigenvalue weighted by Gasteiger charge is -2.12. The molecule has 0 saturated heterocycles. The van der Waals surface area contributed by atoms with Crippen LogP contribution in [-0.2, 0) is 16.2 Å². The summed E-state index contributed by atoms with van der Waals surface area (Å²) >= 11 is 0. The zero-order chi connectivity index (χ0) is 19.4. The Morgan fingerprint density at radius 1 is 1.08 bits per heavy atom. The lowest BCUT2D eigenvalue weighted by atomic mass is 10.2. The summed E-state index contributed by atoms with van der Waals surface area (Å²) in [7, 11) is -4.17. The molecule has 0 spiro atoms. The van der Waals surface area contributed by atoms with Gasteiger partial charge in [-0.15, -0.1) is 0 Å². The molecule has 0 atom stereocenters. The van der Waals surface area contributed by atoms with Gasteiger partial charge in [0.1, 0.15) is 11.6 Å². The van der Waals surface area contributed by atoms with E-state index in [0.29, 0.717) is 30.6 Å². The Balaban J connectivity index is 2.19. The Kier molecular flexibility index (Phi) is 6.12. The minimum atomic E-state index is -4.79. The summed E-state index contributed by atoms with van der Waals surface area (Å²) in [4.78, 5) is -0.182. The van der Waals surface area contributed by atoms with Crippen molar-refractivity contribution >= 4 is 15.7 Å². The van der Waals surface area contributed by atoms with E-state index in [4.69, 9.17) is 4.74 Å². The van der Waals surface area contributed by atoms with Gasteiger partial charge in [0, 0.05) is 0 Å². The SMILES string of the molecule is CCCCOc1ccc(S(=O)(=O)Nc2cc(F)cc(C(F)(F)F)c2)cc1. The molecule has 0 radical (unpaired) electrons. The molecule has 26 heavy (non-hydrogen) atoms. The second-order valence-electron chi connectivity index (χ2n) is 5.51. The van der Waals surface area contributed by atoms with E-state index in [1.165, 1.54) is 24.3 Å². The summed E-state index contributed by atoms with van der Waals surface area (Å²) in [5.41, 5.74) is -1.80. The molecule has 0 heterocycles. The van der Waals surface area contributed by atoms with Crippen LogP contribution in [0.1, 0.15) is 25.3 Å². The maximum absolute atomic E-state index is 13.4. The van der Waals surface area contributed by atoms with Crippen molar-refractivity contribution in [3.8, 4) is 5.75 Å². The van der Waals surface area contributed by atoms with Crippen molar-refractivity contribution < 1.29 is 30.7 Å². The fourth-order valence-electron chi connectivity index (χ4n) is 2.08. The Hall–Kier alpha value is -2.29. The number of anilines is 1. The first-order valence-corrected chi connectivity index (χ1v) is 9.23. The number of ether oxygens (including phenoxy) is 1. The van der Waals surface area contributed by atoms with Gasteiger partial charge in [-0.25, -0.2) is 12.8 Å². The van der Waals surface area contributed by atoms with Crippen LogP contribution in [0, 0.1) is 5.82 Å². The van der Waals surface area contributed by atoms with E-state index >= 15 is 0 Å². The summed E-state index contributed by atoms with van der Waals surface area (Å²) in [6.07, 6.45) is -2.99. The number of nitrogens with one attached hydrogen (secondary N) is 1. The number of hydrogen-bond acceptors (Lipinski definition) is 3. The van der Waals surface area contributed by atoms with Crippen LogP contribution in [0.15, 0.2) is 47.4 Å². The first-order valence-electron chi connectivity index (χ1n) is 7.75. The number of halogens is 4. The first kappa shape index (κ1) is 20.0. The Bertz CT molecular complexity index is 849. The lowest BCUT2D eigenvalue weighted by molar-refractivity contribution is -0.137. The van der Waals surface area contributed by atoms with Gasteiger partial charge in [-0.2, -0.15) is 13.2 Å². The molecule has 2 aromatic carbocycles. The van der Waals surface area contributed by atoms with Crippen LogP contribution in [0.25, 0.3) is 0 Å². The number of alkyl halides is 3. The third-order valence-corrected chi connectivity index (χ3v) is 4.78. The van der Waals surface area contributed by atoms with Crippen molar-refractivity contribution in [3.63, 3.8) is 0 Å². The predicted octanol–water partition coefficient (Wildman–Crippen LogP) is 4.82. The van der Waals surface area contributed by atoms with Crippen molar-refractivity contribution in [1.82, 2.24) is 0 Å². The Morgan fingerprint density at radius 3 is 2.31 bits per heavy atom. The van der Waals surface area contributed by atoms with Gasteiger partial charge in [-0.05, 0) is 48.9 Å². The average Bonchev–Trinajstić information content (AvgIpc) is 2.54. The number of rotatable bonds is 7. The van der Waals surface area contributed by atoms with Crippen LogP contribution in [0.4, 0.5) is 23.2 Å². The molecule has 1 N–H and O–H groups in total. The van der Waals surface area contributed by atoms with Crippen LogP contribution in [0.3, 0.4) is 0 Å². The zero-order valence-corrected chi connectivity index (χ0v) is 14.6. The highest BCUT2D eigenvalue weighted by Gasteiger charge is 2.31. The van der Waals surface area contributed by atoms with Crippen molar-refractivity contribution in [3.05, 3.63) is 53.8 Å². The van der Waals surface area contributed by atoms with Crippen LogP contribution < -0.4 is 9.46 Å². The van der Waals surface area contributed by atoms with E-state index in [1.807, 2.05) is 11.6 Å². The standard InChI is InChI=1S/C17H17F4NO3S/c1-2-3-8-25-15-4-6-16(7-5-15)26(23,24)22-14-10-12(17(19,20)21)9-13(18)11-14/h4-7,9-11,22H,2-3,8H2,1H3. The molecule has 4 nitrogen and oxygen atoms in total. The van der Waals surface area contributed by atoms with Gasteiger partial charge in [0.15, 0.2) is 0 Å². The molecular formula is C17H17F4NO3S. The largest absolute Gasteiger partial charge is 0.494 e. The fraction of sp³-hybridized carbons (Fsp3) is 0.294. The molecule has 9 heteroatoms. The molecule has 0 aliphatic rings. The third-order valence-electron chi connectivity index (χ3n) is 3.38. The van der Waals surface area contributed by atoms with E-state index < -0.39 is 33.3 Å². The number of unbranched alkanes of at least 4 members (excludes halogenated alkanes) is 1. The number of hydrogen-bond donors (Lipinski definition) is 1. The summed E-state index contributed by atoms with van der Waals surface area (Å²) in [5.74, 6) is -0.722. The van der Waals surface area contributed by atoms with E-state index in [9.17, 15) is 26.0 Å². The first-order chi connectivity index (χ1) is 12.1. The van der Waals surface area contributed by atoms with Gasteiger partial charge in [0.2, 0.25) is 0 Å². The highest BCUT2D eigenvalue weighted by Crippen LogP contribution is 2.32. The summed E-state index contributed by atoms with van der Waals surface area (Å²) in [5, 5.41) is 0. The van der Waals surface area contributed by atoms with Crippen molar-refractivity contribution in [1.29, 1.82) is 0 Å². The van der Waals surface area contributed by atoms with Gasteiger partial charge < -0.3 is 4.74 Å². The molecule has 0 unspecified atom stereocenters. The highest BCUT2D eigenvalue weighted by atomic mass is 32.2. The van der Waals surface area contributed by atoms with Crippen LogP contribution >= 0.6 is 0 Å². The number of benzene rings is 2. The summed E-state index contributed by atoms with van der Waals surface area (Å²) < 4.78 is 83.5. The fourth-order valence-corrected chi connectivity index (χ4v) is 3.12.